The van der Waals surface area contributed by atoms with E-state index in [1.165, 1.54) is 10.9 Å². The van der Waals surface area contributed by atoms with Gasteiger partial charge in [-0.15, -0.1) is 5.10 Å². The van der Waals surface area contributed by atoms with E-state index in [0.29, 0.717) is 23.6 Å². The minimum absolute atomic E-state index is 0.00600. The molecule has 3 aromatic rings. The van der Waals surface area contributed by atoms with Crippen LogP contribution in [-0.2, 0) is 11.3 Å². The molecule has 2 aromatic heterocycles. The quantitative estimate of drug-likeness (QED) is 0.760. The number of nitrogens with two attached hydrogens (primary N) is 1. The number of benzene rings is 1. The first-order valence-electron chi connectivity index (χ1n) is 7.60. The van der Waals surface area contributed by atoms with Gasteiger partial charge in [-0.2, -0.15) is 0 Å². The standard InChI is InChI=1S/C16H18N6O2/c1-3-14(23)18-13-8-21(20-19-13)9-15(24)22-10(2)16(17)11-6-4-5-7-12(11)22/h4-8H,3,9,17H2,1-2H3,(H,18,23). The van der Waals surface area contributed by atoms with Gasteiger partial charge in [0, 0.05) is 17.5 Å². The van der Waals surface area contributed by atoms with Crippen molar-refractivity contribution in [3.05, 3.63) is 36.2 Å². The largest absolute Gasteiger partial charge is 0.397 e. The number of hydrogen-bond donors (Lipinski definition) is 2. The van der Waals surface area contributed by atoms with Crippen molar-refractivity contribution >= 4 is 34.2 Å². The van der Waals surface area contributed by atoms with E-state index in [1.807, 2.05) is 31.2 Å². The number of carbonyl (C=O) groups excluding carboxylic acids is 2. The van der Waals surface area contributed by atoms with Gasteiger partial charge in [-0.1, -0.05) is 30.3 Å². The molecule has 124 valence electrons. The molecule has 0 atom stereocenters. The molecule has 2 heterocycles. The summed E-state index contributed by atoms with van der Waals surface area (Å²) in [6.45, 7) is 3.54. The average molecular weight is 326 g/mol. The van der Waals surface area contributed by atoms with Crippen LogP contribution in [0.25, 0.3) is 10.9 Å². The normalized spacial score (nSPS) is 10.9. The Kier molecular flexibility index (Phi) is 4.03. The lowest BCUT2D eigenvalue weighted by Crippen LogP contribution is -2.19. The van der Waals surface area contributed by atoms with Crippen LogP contribution in [0.3, 0.4) is 0 Å². The topological polar surface area (TPSA) is 108 Å². The summed E-state index contributed by atoms with van der Waals surface area (Å²) in [5.41, 5.74) is 8.14. The molecule has 0 aliphatic heterocycles. The zero-order valence-corrected chi connectivity index (χ0v) is 13.5. The van der Waals surface area contributed by atoms with Crippen LogP contribution < -0.4 is 11.1 Å². The highest BCUT2D eigenvalue weighted by molar-refractivity contribution is 6.01. The monoisotopic (exact) mass is 326 g/mol. The fourth-order valence-corrected chi connectivity index (χ4v) is 2.59. The number of nitrogens with zero attached hydrogens (tertiary/aromatic N) is 4. The Bertz CT molecular complexity index is 924. The van der Waals surface area contributed by atoms with Crippen LogP contribution in [0.4, 0.5) is 11.5 Å². The SMILES string of the molecule is CCC(=O)Nc1cn(CC(=O)n2c(C)c(N)c3ccccc32)nn1. The van der Waals surface area contributed by atoms with Crippen molar-refractivity contribution in [3.8, 4) is 0 Å². The molecule has 0 saturated carbocycles. The van der Waals surface area contributed by atoms with Crippen LogP contribution >= 0.6 is 0 Å². The maximum Gasteiger partial charge on any atom is 0.253 e. The molecule has 0 fully saturated rings. The molecule has 0 unspecified atom stereocenters. The third-order valence-corrected chi connectivity index (χ3v) is 3.83. The van der Waals surface area contributed by atoms with Crippen molar-refractivity contribution in [2.24, 2.45) is 0 Å². The van der Waals surface area contributed by atoms with Gasteiger partial charge in [-0.25, -0.2) is 4.68 Å². The van der Waals surface area contributed by atoms with Crippen LogP contribution in [-0.4, -0.2) is 31.4 Å². The van der Waals surface area contributed by atoms with Gasteiger partial charge in [-0.05, 0) is 13.0 Å². The summed E-state index contributed by atoms with van der Waals surface area (Å²) in [5, 5.41) is 11.2. The van der Waals surface area contributed by atoms with Crippen LogP contribution in [0.15, 0.2) is 30.5 Å². The summed E-state index contributed by atoms with van der Waals surface area (Å²) in [6.07, 6.45) is 1.87. The Morgan fingerprint density at radius 3 is 2.79 bits per heavy atom. The van der Waals surface area contributed by atoms with E-state index in [9.17, 15) is 9.59 Å². The second kappa shape index (κ2) is 6.15. The molecule has 0 bridgehead atoms. The number of rotatable bonds is 4. The summed E-state index contributed by atoms with van der Waals surface area (Å²) in [5.74, 6) is -0.0182. The van der Waals surface area contributed by atoms with Crippen molar-refractivity contribution in [1.29, 1.82) is 0 Å². The predicted molar refractivity (Wildman–Crippen MR) is 90.7 cm³/mol. The van der Waals surface area contributed by atoms with E-state index in [1.54, 1.807) is 11.5 Å². The maximum atomic E-state index is 12.7. The number of para-hydroxylation sites is 1. The summed E-state index contributed by atoms with van der Waals surface area (Å²) >= 11 is 0. The van der Waals surface area contributed by atoms with Gasteiger partial charge in [-0.3, -0.25) is 14.2 Å². The third kappa shape index (κ3) is 2.73. The third-order valence-electron chi connectivity index (χ3n) is 3.83. The minimum Gasteiger partial charge on any atom is -0.397 e. The molecule has 3 N–H and O–H groups in total. The van der Waals surface area contributed by atoms with E-state index in [0.717, 1.165) is 10.9 Å². The van der Waals surface area contributed by atoms with Gasteiger partial charge in [0.2, 0.25) is 5.91 Å². The van der Waals surface area contributed by atoms with Gasteiger partial charge >= 0.3 is 0 Å². The number of amides is 1. The molecule has 3 rings (SSSR count). The van der Waals surface area contributed by atoms with E-state index in [2.05, 4.69) is 15.6 Å². The Morgan fingerprint density at radius 1 is 1.29 bits per heavy atom. The summed E-state index contributed by atoms with van der Waals surface area (Å²) in [4.78, 5) is 24.0. The lowest BCUT2D eigenvalue weighted by Gasteiger charge is -2.06. The van der Waals surface area contributed by atoms with Crippen molar-refractivity contribution in [3.63, 3.8) is 0 Å². The highest BCUT2D eigenvalue weighted by Crippen LogP contribution is 2.27. The van der Waals surface area contributed by atoms with Crippen molar-refractivity contribution in [1.82, 2.24) is 19.6 Å². The summed E-state index contributed by atoms with van der Waals surface area (Å²) in [6, 6.07) is 7.48. The molecule has 0 radical (unpaired) electrons. The lowest BCUT2D eigenvalue weighted by molar-refractivity contribution is -0.115. The molecule has 1 aromatic carbocycles. The first-order valence-corrected chi connectivity index (χ1v) is 7.60. The fourth-order valence-electron chi connectivity index (χ4n) is 2.59. The van der Waals surface area contributed by atoms with Gasteiger partial charge in [0.25, 0.3) is 5.91 Å². The van der Waals surface area contributed by atoms with E-state index in [-0.39, 0.29) is 18.4 Å². The highest BCUT2D eigenvalue weighted by atomic mass is 16.2. The van der Waals surface area contributed by atoms with Crippen LogP contribution in [0, 0.1) is 6.92 Å². The number of hydrogen-bond acceptors (Lipinski definition) is 5. The number of carbonyl (C=O) groups is 2. The minimum atomic E-state index is -0.182. The zero-order chi connectivity index (χ0) is 17.3. The lowest BCUT2D eigenvalue weighted by atomic mass is 10.2. The molecule has 1 amide bonds. The Morgan fingerprint density at radius 2 is 2.04 bits per heavy atom. The molecule has 0 saturated heterocycles. The van der Waals surface area contributed by atoms with Crippen molar-refractivity contribution < 1.29 is 9.59 Å². The molecule has 8 nitrogen and oxygen atoms in total. The molecule has 0 aliphatic carbocycles. The molecular weight excluding hydrogens is 308 g/mol. The summed E-state index contributed by atoms with van der Waals surface area (Å²) in [7, 11) is 0. The Balaban J connectivity index is 1.86. The van der Waals surface area contributed by atoms with Crippen LogP contribution in [0.5, 0.6) is 0 Å². The highest BCUT2D eigenvalue weighted by Gasteiger charge is 2.17. The van der Waals surface area contributed by atoms with Crippen molar-refractivity contribution in [2.45, 2.75) is 26.8 Å². The number of nitrogen functional groups attached to an aromatic ring is 1. The Labute approximate surface area is 138 Å². The first-order chi connectivity index (χ1) is 11.5. The van der Waals surface area contributed by atoms with E-state index >= 15 is 0 Å². The smallest absolute Gasteiger partial charge is 0.253 e. The van der Waals surface area contributed by atoms with Gasteiger partial charge in [0.1, 0.15) is 6.54 Å². The first kappa shape index (κ1) is 15.7. The second-order valence-electron chi connectivity index (χ2n) is 5.45. The van der Waals surface area contributed by atoms with Crippen LogP contribution in [0.1, 0.15) is 23.8 Å². The number of nitrogens with one attached hydrogen (secondary N) is 1. The van der Waals surface area contributed by atoms with Gasteiger partial charge in [0.05, 0.1) is 17.4 Å². The van der Waals surface area contributed by atoms with Gasteiger partial charge < -0.3 is 11.1 Å². The molecular formula is C16H18N6O2. The molecule has 8 heteroatoms. The average Bonchev–Trinajstić information content (AvgIpc) is 3.11. The Hall–Kier alpha value is -3.16. The van der Waals surface area contributed by atoms with Crippen molar-refractivity contribution in [2.75, 3.05) is 11.1 Å². The fraction of sp³-hybridized carbons (Fsp3) is 0.250. The second-order valence-corrected chi connectivity index (χ2v) is 5.45. The maximum absolute atomic E-state index is 12.7. The zero-order valence-electron chi connectivity index (χ0n) is 13.5. The number of aromatic nitrogens is 4. The van der Waals surface area contributed by atoms with E-state index in [4.69, 9.17) is 5.73 Å². The molecule has 0 aliphatic rings. The number of fused-ring (bicyclic) bond motifs is 1. The summed E-state index contributed by atoms with van der Waals surface area (Å²) < 4.78 is 2.97. The number of anilines is 2. The predicted octanol–water partition coefficient (Wildman–Crippen LogP) is 1.81. The van der Waals surface area contributed by atoms with E-state index < -0.39 is 0 Å². The molecule has 24 heavy (non-hydrogen) atoms. The van der Waals surface area contributed by atoms with Crippen LogP contribution in [0.2, 0.25) is 0 Å². The van der Waals surface area contributed by atoms with Gasteiger partial charge in [0.15, 0.2) is 5.82 Å². The molecule has 0 spiro atoms.